The molecule has 0 aliphatic heterocycles. The molecule has 2 N–H and O–H groups in total. The quantitative estimate of drug-likeness (QED) is 0.174. The number of anilines is 2. The minimum absolute atomic E-state index is 0.0211. The second-order valence-electron chi connectivity index (χ2n) is 13.8. The van der Waals surface area contributed by atoms with Crippen molar-refractivity contribution in [3.8, 4) is 0 Å². The van der Waals surface area contributed by atoms with Crippen LogP contribution in [-0.4, -0.2) is 63.4 Å². The van der Waals surface area contributed by atoms with Gasteiger partial charge in [0, 0.05) is 0 Å². The number of hydrogen-bond donors (Lipinski definition) is 2. The summed E-state index contributed by atoms with van der Waals surface area (Å²) >= 11 is 6.73. The second kappa shape index (κ2) is 11.2. The molecule has 0 aliphatic carbocycles. The van der Waals surface area contributed by atoms with Crippen LogP contribution in [0.1, 0.15) is 94.2 Å². The Kier molecular flexibility index (Phi) is 10.7. The summed E-state index contributed by atoms with van der Waals surface area (Å²) in [7, 11) is 0. The molecule has 0 bridgehead atoms. The van der Waals surface area contributed by atoms with Gasteiger partial charge in [-0.1, -0.05) is 0 Å². The van der Waals surface area contributed by atoms with Crippen molar-refractivity contribution in [3.05, 3.63) is 23.3 Å². The van der Waals surface area contributed by atoms with Crippen molar-refractivity contribution in [1.82, 2.24) is 0 Å². The summed E-state index contributed by atoms with van der Waals surface area (Å²) in [5.74, 6) is 0. The van der Waals surface area contributed by atoms with Gasteiger partial charge in [0.05, 0.1) is 0 Å². The fraction of sp³-hybridized carbons (Fsp3) is 0.769. The van der Waals surface area contributed by atoms with E-state index < -0.39 is 34.5 Å². The van der Waals surface area contributed by atoms with Crippen molar-refractivity contribution in [2.75, 3.05) is 23.2 Å². The van der Waals surface area contributed by atoms with E-state index in [1.165, 1.54) is 0 Å². The summed E-state index contributed by atoms with van der Waals surface area (Å²) < 4.78 is 83.3. The molecule has 0 saturated heterocycles. The normalized spacial score (nSPS) is 15.0. The number of nitrogens with one attached hydrogen (secondary N) is 2. The van der Waals surface area contributed by atoms with Gasteiger partial charge in [-0.15, -0.1) is 0 Å². The van der Waals surface area contributed by atoms with Crippen LogP contribution in [0.5, 0.6) is 0 Å². The molecule has 0 radical (unpaired) electrons. The van der Waals surface area contributed by atoms with Crippen molar-refractivity contribution < 1.29 is 26.3 Å². The molecule has 0 heterocycles. The fourth-order valence-corrected chi connectivity index (χ4v) is 12.2. The first-order valence-electron chi connectivity index (χ1n) is 12.4. The molecule has 38 heavy (non-hydrogen) atoms. The first-order valence-corrected chi connectivity index (χ1v) is 20.8. The Labute approximate surface area is 240 Å². The van der Waals surface area contributed by atoms with E-state index in [1.807, 2.05) is 0 Å². The summed E-state index contributed by atoms with van der Waals surface area (Å²) in [5, 5.41) is 5.56. The molecular weight excluding hydrogens is 674 g/mol. The van der Waals surface area contributed by atoms with E-state index in [9.17, 15) is 26.3 Å². The summed E-state index contributed by atoms with van der Waals surface area (Å²) in [6, 6.07) is 1.24. The standard InChI is InChI=1S/C26H44F6N2P2Se2/c1-21(2,3)35(37,22(4,5)6)15-33-19-13-17(25(27,28)29)18(26(30,31)32)14-20(19)34-16-36(38,23(7,8)9)24(10,11)12/h13-14,33-34H,15-16H2,1-12H3. The molecule has 0 atom stereocenters. The monoisotopic (exact) mass is 720 g/mol. The molecule has 1 aromatic rings. The first kappa shape index (κ1) is 36.3. The summed E-state index contributed by atoms with van der Waals surface area (Å²) in [4.78, 5) is 0. The summed E-state index contributed by atoms with van der Waals surface area (Å²) in [5.41, 5.74) is -7.33. The number of alkyl halides is 6. The molecule has 0 amide bonds. The van der Waals surface area contributed by atoms with E-state index in [2.05, 4.69) is 124 Å². The van der Waals surface area contributed by atoms with Crippen molar-refractivity contribution >= 4 is 52.6 Å². The molecule has 0 spiro atoms. The maximum atomic E-state index is 13.9. The fourth-order valence-electron chi connectivity index (χ4n) is 4.72. The first-order chi connectivity index (χ1) is 16.4. The van der Waals surface area contributed by atoms with E-state index in [4.69, 9.17) is 0 Å². The number of halogens is 6. The zero-order chi connectivity index (χ0) is 30.6. The van der Waals surface area contributed by atoms with E-state index in [1.54, 1.807) is 0 Å². The van der Waals surface area contributed by atoms with E-state index >= 15 is 0 Å². The van der Waals surface area contributed by atoms with Crippen LogP contribution in [0.3, 0.4) is 0 Å². The van der Waals surface area contributed by atoms with Crippen LogP contribution < -0.4 is 10.6 Å². The predicted molar refractivity (Wildman–Crippen MR) is 158 cm³/mol. The number of rotatable bonds is 6. The number of benzene rings is 1. The molecule has 0 saturated carbocycles. The van der Waals surface area contributed by atoms with Gasteiger partial charge >= 0.3 is 241 Å². The molecule has 12 heteroatoms. The van der Waals surface area contributed by atoms with Gasteiger partial charge in [0.15, 0.2) is 0 Å². The van der Waals surface area contributed by atoms with Crippen molar-refractivity contribution in [2.45, 2.75) is 116 Å². The molecule has 1 rings (SSSR count). The van der Waals surface area contributed by atoms with Crippen LogP contribution >= 0.6 is 11.0 Å². The molecule has 1 aromatic carbocycles. The van der Waals surface area contributed by atoms with Gasteiger partial charge in [0.2, 0.25) is 0 Å². The summed E-state index contributed by atoms with van der Waals surface area (Å²) in [6.45, 7) is 24.9. The number of hydrogen-bond acceptors (Lipinski definition) is 2. The van der Waals surface area contributed by atoms with Gasteiger partial charge in [-0.3, -0.25) is 0 Å². The zero-order valence-corrected chi connectivity index (χ0v) is 29.8. The maximum absolute atomic E-state index is 13.9. The Morgan fingerprint density at radius 3 is 0.895 bits per heavy atom. The second-order valence-corrected chi connectivity index (χ2v) is 30.6. The van der Waals surface area contributed by atoms with Crippen molar-refractivity contribution in [1.29, 1.82) is 0 Å². The molecule has 2 nitrogen and oxygen atoms in total. The van der Waals surface area contributed by atoms with Crippen LogP contribution in [0.4, 0.5) is 37.7 Å². The molecule has 0 unspecified atom stereocenters. The van der Waals surface area contributed by atoms with Crippen LogP contribution in [0, 0.1) is 0 Å². The Bertz CT molecular complexity index is 977. The van der Waals surface area contributed by atoms with Gasteiger partial charge in [0.25, 0.3) is 0 Å². The van der Waals surface area contributed by atoms with E-state index in [-0.39, 0.29) is 32.0 Å². The Morgan fingerprint density at radius 2 is 0.737 bits per heavy atom. The van der Waals surface area contributed by atoms with Gasteiger partial charge < -0.3 is 0 Å². The Morgan fingerprint density at radius 1 is 0.526 bits per heavy atom. The Balaban J connectivity index is 3.84. The van der Waals surface area contributed by atoms with Crippen molar-refractivity contribution in [3.63, 3.8) is 0 Å². The van der Waals surface area contributed by atoms with Gasteiger partial charge in [-0.25, -0.2) is 0 Å². The van der Waals surface area contributed by atoms with Crippen LogP contribution in [0.15, 0.2) is 12.1 Å². The predicted octanol–water partition coefficient (Wildman–Crippen LogP) is 9.86. The third-order valence-electron chi connectivity index (χ3n) is 7.09. The molecule has 0 fully saturated rings. The molecule has 0 aliphatic rings. The van der Waals surface area contributed by atoms with Crippen LogP contribution in [0.2, 0.25) is 0 Å². The van der Waals surface area contributed by atoms with Crippen molar-refractivity contribution in [2.24, 2.45) is 0 Å². The van der Waals surface area contributed by atoms with Crippen LogP contribution in [-0.2, 0) is 12.4 Å². The average molecular weight is 719 g/mol. The molecule has 0 aromatic heterocycles. The SMILES string of the molecule is CC(C)(C)P(=[Se])(CNc1cc(C(F)(F)F)c(C(F)(F)F)cc1NCP(=[Se])(C(C)(C)C)C(C)(C)C)C(C)(C)C. The minimum atomic E-state index is -5.16. The molecule has 222 valence electrons. The molecular formula is C26H44F6N2P2Se2. The topological polar surface area (TPSA) is 24.1 Å². The zero-order valence-electron chi connectivity index (χ0n) is 24.5. The van der Waals surface area contributed by atoms with Gasteiger partial charge in [-0.2, -0.15) is 0 Å². The van der Waals surface area contributed by atoms with E-state index in [0.29, 0.717) is 24.7 Å². The third-order valence-corrected chi connectivity index (χ3v) is 32.4. The van der Waals surface area contributed by atoms with Gasteiger partial charge in [-0.05, 0) is 0 Å². The third kappa shape index (κ3) is 7.77. The van der Waals surface area contributed by atoms with Gasteiger partial charge in [0.1, 0.15) is 0 Å². The van der Waals surface area contributed by atoms with Crippen LogP contribution in [0.25, 0.3) is 0 Å². The average Bonchev–Trinajstić information content (AvgIpc) is 2.64. The Hall–Kier alpha value is 0.299. The van der Waals surface area contributed by atoms with E-state index in [0.717, 1.165) is 0 Å². The summed E-state index contributed by atoms with van der Waals surface area (Å²) in [6.07, 6.45) is -9.67.